The fraction of sp³-hybridized carbons (Fsp3) is 0.190. The molecule has 0 atom stereocenters. The average molecular weight is 448 g/mol. The summed E-state index contributed by atoms with van der Waals surface area (Å²) < 4.78 is 12.4. The number of hydrogen-bond donors (Lipinski definition) is 1. The molecular weight excluding hydrogens is 428 g/mol. The van der Waals surface area contributed by atoms with Crippen LogP contribution in [0.2, 0.25) is 5.02 Å². The fourth-order valence-electron chi connectivity index (χ4n) is 2.60. The molecule has 1 heterocycles. The maximum atomic E-state index is 6.02. The fourth-order valence-corrected chi connectivity index (χ4v) is 3.28. The summed E-state index contributed by atoms with van der Waals surface area (Å²) in [5.41, 5.74) is 3.08. The average Bonchev–Trinajstić information content (AvgIpc) is 2.68. The highest BCUT2D eigenvalue weighted by Crippen LogP contribution is 2.34. The molecule has 0 radical (unpaired) electrons. The summed E-state index contributed by atoms with van der Waals surface area (Å²) in [6.07, 6.45) is 1.79. The highest BCUT2D eigenvalue weighted by Gasteiger charge is 2.11. The number of halogens is 2. The van der Waals surface area contributed by atoms with Crippen molar-refractivity contribution in [3.05, 3.63) is 87.1 Å². The SMILES string of the molecule is COc1cc(CNCc2ccccn2)c(Br)cc1OCc1cccc(Cl)c1. The Hall–Kier alpha value is -2.08. The minimum absolute atomic E-state index is 0.417. The second-order valence-electron chi connectivity index (χ2n) is 5.94. The normalized spacial score (nSPS) is 10.6. The molecule has 0 amide bonds. The maximum Gasteiger partial charge on any atom is 0.162 e. The third-order valence-corrected chi connectivity index (χ3v) is 4.94. The van der Waals surface area contributed by atoms with Crippen molar-refractivity contribution in [2.45, 2.75) is 19.7 Å². The van der Waals surface area contributed by atoms with Crippen LogP contribution in [0.25, 0.3) is 0 Å². The second-order valence-corrected chi connectivity index (χ2v) is 7.23. The van der Waals surface area contributed by atoms with E-state index >= 15 is 0 Å². The van der Waals surface area contributed by atoms with Crippen LogP contribution in [-0.4, -0.2) is 12.1 Å². The van der Waals surface area contributed by atoms with Crippen LogP contribution in [0.1, 0.15) is 16.8 Å². The number of hydrogen-bond acceptors (Lipinski definition) is 4. The van der Waals surface area contributed by atoms with Gasteiger partial charge in [-0.25, -0.2) is 0 Å². The molecule has 1 N–H and O–H groups in total. The van der Waals surface area contributed by atoms with Crippen LogP contribution in [0, 0.1) is 0 Å². The van der Waals surface area contributed by atoms with Crippen molar-refractivity contribution in [3.8, 4) is 11.5 Å². The zero-order chi connectivity index (χ0) is 19.1. The second kappa shape index (κ2) is 9.74. The number of nitrogens with zero attached hydrogens (tertiary/aromatic N) is 1. The summed E-state index contributed by atoms with van der Waals surface area (Å²) in [4.78, 5) is 4.31. The highest BCUT2D eigenvalue weighted by molar-refractivity contribution is 9.10. The zero-order valence-corrected chi connectivity index (χ0v) is 17.3. The molecule has 4 nitrogen and oxygen atoms in total. The lowest BCUT2D eigenvalue weighted by Gasteiger charge is -2.14. The van der Waals surface area contributed by atoms with Gasteiger partial charge in [0.2, 0.25) is 0 Å². The molecule has 140 valence electrons. The van der Waals surface area contributed by atoms with Crippen molar-refractivity contribution >= 4 is 27.5 Å². The third-order valence-electron chi connectivity index (χ3n) is 3.96. The number of aromatic nitrogens is 1. The summed E-state index contributed by atoms with van der Waals surface area (Å²) in [5.74, 6) is 1.37. The Labute approximate surface area is 172 Å². The molecule has 1 aromatic heterocycles. The van der Waals surface area contributed by atoms with Gasteiger partial charge in [-0.2, -0.15) is 0 Å². The van der Waals surface area contributed by atoms with E-state index in [-0.39, 0.29) is 0 Å². The topological polar surface area (TPSA) is 43.4 Å². The monoisotopic (exact) mass is 446 g/mol. The Balaban J connectivity index is 1.65. The quantitative estimate of drug-likeness (QED) is 0.504. The lowest BCUT2D eigenvalue weighted by molar-refractivity contribution is 0.284. The third kappa shape index (κ3) is 5.70. The van der Waals surface area contributed by atoms with E-state index in [9.17, 15) is 0 Å². The maximum absolute atomic E-state index is 6.02. The van der Waals surface area contributed by atoms with E-state index in [1.165, 1.54) is 0 Å². The van der Waals surface area contributed by atoms with Crippen molar-refractivity contribution < 1.29 is 9.47 Å². The summed E-state index contributed by atoms with van der Waals surface area (Å²) in [6, 6.07) is 17.4. The minimum Gasteiger partial charge on any atom is -0.493 e. The van der Waals surface area contributed by atoms with Gasteiger partial charge in [0.25, 0.3) is 0 Å². The molecule has 0 aliphatic rings. The van der Waals surface area contributed by atoms with Crippen molar-refractivity contribution in [1.29, 1.82) is 0 Å². The molecule has 0 saturated heterocycles. The van der Waals surface area contributed by atoms with E-state index in [0.717, 1.165) is 21.3 Å². The molecule has 0 unspecified atom stereocenters. The first kappa shape index (κ1) is 19.7. The van der Waals surface area contributed by atoms with Crippen molar-refractivity contribution in [2.75, 3.05) is 7.11 Å². The lowest BCUT2D eigenvalue weighted by Crippen LogP contribution is -2.14. The van der Waals surface area contributed by atoms with E-state index in [1.54, 1.807) is 13.3 Å². The first-order chi connectivity index (χ1) is 13.2. The van der Waals surface area contributed by atoms with Gasteiger partial charge in [0.1, 0.15) is 6.61 Å². The van der Waals surface area contributed by atoms with Crippen LogP contribution in [-0.2, 0) is 19.7 Å². The molecule has 3 aromatic rings. The van der Waals surface area contributed by atoms with Crippen molar-refractivity contribution in [3.63, 3.8) is 0 Å². The number of ether oxygens (including phenoxy) is 2. The smallest absolute Gasteiger partial charge is 0.162 e. The van der Waals surface area contributed by atoms with Crippen LogP contribution in [0.5, 0.6) is 11.5 Å². The Kier molecular flexibility index (Phi) is 7.10. The standard InChI is InChI=1S/C21H20BrClN2O2/c1-26-20-10-16(12-24-13-18-7-2-3-8-25-18)19(22)11-21(20)27-14-15-5-4-6-17(23)9-15/h2-11,24H,12-14H2,1H3. The number of benzene rings is 2. The molecule has 0 bridgehead atoms. The summed E-state index contributed by atoms with van der Waals surface area (Å²) in [7, 11) is 1.64. The Bertz CT molecular complexity index is 891. The van der Waals surface area contributed by atoms with Gasteiger partial charge in [-0.15, -0.1) is 0 Å². The summed E-state index contributed by atoms with van der Waals surface area (Å²) >= 11 is 9.65. The number of methoxy groups -OCH3 is 1. The number of rotatable bonds is 8. The first-order valence-electron chi connectivity index (χ1n) is 8.50. The van der Waals surface area contributed by atoms with Crippen LogP contribution in [0.4, 0.5) is 0 Å². The van der Waals surface area contributed by atoms with Gasteiger partial charge in [0.05, 0.1) is 12.8 Å². The lowest BCUT2D eigenvalue weighted by atomic mass is 10.2. The van der Waals surface area contributed by atoms with E-state index in [4.69, 9.17) is 21.1 Å². The summed E-state index contributed by atoms with van der Waals surface area (Å²) in [5, 5.41) is 4.08. The Morgan fingerprint density at radius 2 is 1.93 bits per heavy atom. The summed E-state index contributed by atoms with van der Waals surface area (Å²) in [6.45, 7) is 1.80. The van der Waals surface area contributed by atoms with E-state index in [2.05, 4.69) is 26.2 Å². The van der Waals surface area contributed by atoms with Crippen molar-refractivity contribution in [1.82, 2.24) is 10.3 Å². The van der Waals surface area contributed by atoms with Crippen LogP contribution in [0.3, 0.4) is 0 Å². The molecule has 2 aromatic carbocycles. The molecule has 0 aliphatic heterocycles. The highest BCUT2D eigenvalue weighted by atomic mass is 79.9. The van der Waals surface area contributed by atoms with E-state index in [1.807, 2.05) is 54.6 Å². The first-order valence-corrected chi connectivity index (χ1v) is 9.67. The van der Waals surface area contributed by atoms with Gasteiger partial charge in [-0.05, 0) is 47.5 Å². The predicted octanol–water partition coefficient (Wildman–Crippen LogP) is 5.37. The number of pyridine rings is 1. The number of nitrogens with one attached hydrogen (secondary N) is 1. The molecule has 0 saturated carbocycles. The van der Waals surface area contributed by atoms with Gasteiger partial charge in [-0.1, -0.05) is 45.7 Å². The minimum atomic E-state index is 0.417. The van der Waals surface area contributed by atoms with Gasteiger partial charge in [-0.3, -0.25) is 4.98 Å². The largest absolute Gasteiger partial charge is 0.493 e. The molecule has 6 heteroatoms. The Morgan fingerprint density at radius 1 is 1.04 bits per heavy atom. The molecule has 3 rings (SSSR count). The van der Waals surface area contributed by atoms with Gasteiger partial charge >= 0.3 is 0 Å². The molecule has 27 heavy (non-hydrogen) atoms. The van der Waals surface area contributed by atoms with Crippen LogP contribution in [0.15, 0.2) is 65.3 Å². The van der Waals surface area contributed by atoms with Gasteiger partial charge in [0, 0.05) is 28.8 Å². The van der Waals surface area contributed by atoms with E-state index < -0.39 is 0 Å². The van der Waals surface area contributed by atoms with Crippen LogP contribution >= 0.6 is 27.5 Å². The van der Waals surface area contributed by atoms with Gasteiger partial charge < -0.3 is 14.8 Å². The van der Waals surface area contributed by atoms with Gasteiger partial charge in [0.15, 0.2) is 11.5 Å². The van der Waals surface area contributed by atoms with Crippen LogP contribution < -0.4 is 14.8 Å². The van der Waals surface area contributed by atoms with Crippen molar-refractivity contribution in [2.24, 2.45) is 0 Å². The Morgan fingerprint density at radius 3 is 2.67 bits per heavy atom. The predicted molar refractivity (Wildman–Crippen MR) is 111 cm³/mol. The molecule has 0 aliphatic carbocycles. The van der Waals surface area contributed by atoms with E-state index in [0.29, 0.717) is 36.2 Å². The molecule has 0 spiro atoms. The molecule has 0 fully saturated rings. The molecular formula is C21H20BrClN2O2. The zero-order valence-electron chi connectivity index (χ0n) is 14.9.